The zero-order chi connectivity index (χ0) is 16.2. The van der Waals surface area contributed by atoms with Gasteiger partial charge in [-0.2, -0.15) is 4.31 Å². The number of hydrogen-bond donors (Lipinski definition) is 0. The summed E-state index contributed by atoms with van der Waals surface area (Å²) in [6, 6.07) is 6.37. The second kappa shape index (κ2) is 7.41. The summed E-state index contributed by atoms with van der Waals surface area (Å²) in [4.78, 5) is 13.6. The average Bonchev–Trinajstić information content (AvgIpc) is 2.53. The highest BCUT2D eigenvalue weighted by molar-refractivity contribution is 7.89. The van der Waals surface area contributed by atoms with Gasteiger partial charge in [-0.3, -0.25) is 4.79 Å². The Balaban J connectivity index is 2.02. The predicted molar refractivity (Wildman–Crippen MR) is 83.3 cm³/mol. The second-order valence-corrected chi connectivity index (χ2v) is 7.17. The third-order valence-corrected chi connectivity index (χ3v) is 5.87. The van der Waals surface area contributed by atoms with Crippen LogP contribution in [0, 0.1) is 0 Å². The Morgan fingerprint density at radius 3 is 2.45 bits per heavy atom. The molecule has 2 rings (SSSR count). The maximum Gasteiger partial charge on any atom is 0.248 e. The lowest BCUT2D eigenvalue weighted by molar-refractivity contribution is -0.137. The molecule has 1 amide bonds. The van der Waals surface area contributed by atoms with Crippen molar-refractivity contribution in [3.63, 3.8) is 0 Å². The van der Waals surface area contributed by atoms with E-state index in [1.807, 2.05) is 6.92 Å². The van der Waals surface area contributed by atoms with E-state index in [1.54, 1.807) is 23.1 Å². The van der Waals surface area contributed by atoms with Crippen LogP contribution >= 0.6 is 11.6 Å². The SMILES string of the molecule is CCOCC(=O)N1CCN(S(=O)(=O)c2ccccc2Cl)CC1. The number of piperazine rings is 1. The lowest BCUT2D eigenvalue weighted by Gasteiger charge is -2.34. The lowest BCUT2D eigenvalue weighted by Crippen LogP contribution is -2.51. The molecule has 8 heteroatoms. The maximum atomic E-state index is 12.6. The molecule has 0 atom stereocenters. The number of carbonyl (C=O) groups is 1. The Labute approximate surface area is 135 Å². The summed E-state index contributed by atoms with van der Waals surface area (Å²) in [5.41, 5.74) is 0. The van der Waals surface area contributed by atoms with Gasteiger partial charge in [0, 0.05) is 32.8 Å². The number of hydrogen-bond acceptors (Lipinski definition) is 4. The Hall–Kier alpha value is -1.15. The number of rotatable bonds is 5. The first-order chi connectivity index (χ1) is 10.5. The first-order valence-electron chi connectivity index (χ1n) is 7.07. The van der Waals surface area contributed by atoms with Gasteiger partial charge in [0.05, 0.1) is 5.02 Å². The molecular formula is C14H19ClN2O4S. The third-order valence-electron chi connectivity index (χ3n) is 3.48. The topological polar surface area (TPSA) is 66.9 Å². The molecule has 0 N–H and O–H groups in total. The normalized spacial score (nSPS) is 16.7. The summed E-state index contributed by atoms with van der Waals surface area (Å²) in [7, 11) is -3.63. The smallest absolute Gasteiger partial charge is 0.248 e. The molecule has 1 heterocycles. The number of carbonyl (C=O) groups excluding carboxylic acids is 1. The Kier molecular flexibility index (Phi) is 5.80. The fourth-order valence-corrected chi connectivity index (χ4v) is 4.17. The Morgan fingerprint density at radius 1 is 1.23 bits per heavy atom. The number of ether oxygens (including phenoxy) is 1. The van der Waals surface area contributed by atoms with Gasteiger partial charge in [-0.1, -0.05) is 23.7 Å². The Morgan fingerprint density at radius 2 is 1.86 bits per heavy atom. The van der Waals surface area contributed by atoms with Crippen LogP contribution in [0.25, 0.3) is 0 Å². The van der Waals surface area contributed by atoms with E-state index in [-0.39, 0.29) is 35.5 Å². The molecular weight excluding hydrogens is 328 g/mol. The predicted octanol–water partition coefficient (Wildman–Crippen LogP) is 1.21. The van der Waals surface area contributed by atoms with Gasteiger partial charge in [-0.25, -0.2) is 8.42 Å². The van der Waals surface area contributed by atoms with Crippen LogP contribution in [0.3, 0.4) is 0 Å². The lowest BCUT2D eigenvalue weighted by atomic mass is 10.3. The van der Waals surface area contributed by atoms with Gasteiger partial charge in [-0.05, 0) is 19.1 Å². The van der Waals surface area contributed by atoms with E-state index < -0.39 is 10.0 Å². The van der Waals surface area contributed by atoms with Crippen LogP contribution in [0.2, 0.25) is 5.02 Å². The van der Waals surface area contributed by atoms with Crippen molar-refractivity contribution in [1.29, 1.82) is 0 Å². The molecule has 1 aliphatic heterocycles. The maximum absolute atomic E-state index is 12.6. The number of sulfonamides is 1. The van der Waals surface area contributed by atoms with E-state index >= 15 is 0 Å². The largest absolute Gasteiger partial charge is 0.372 e. The van der Waals surface area contributed by atoms with Crippen LogP contribution in [-0.2, 0) is 19.6 Å². The zero-order valence-electron chi connectivity index (χ0n) is 12.4. The molecule has 1 fully saturated rings. The molecule has 0 unspecified atom stereocenters. The monoisotopic (exact) mass is 346 g/mol. The van der Waals surface area contributed by atoms with Crippen molar-refractivity contribution < 1.29 is 17.9 Å². The van der Waals surface area contributed by atoms with Gasteiger partial charge in [-0.15, -0.1) is 0 Å². The molecule has 1 aromatic rings. The van der Waals surface area contributed by atoms with E-state index in [1.165, 1.54) is 10.4 Å². The molecule has 1 aromatic carbocycles. The zero-order valence-corrected chi connectivity index (χ0v) is 13.9. The van der Waals surface area contributed by atoms with E-state index in [9.17, 15) is 13.2 Å². The van der Waals surface area contributed by atoms with E-state index in [0.717, 1.165) is 0 Å². The van der Waals surface area contributed by atoms with Gasteiger partial charge < -0.3 is 9.64 Å². The summed E-state index contributed by atoms with van der Waals surface area (Å²) in [6.07, 6.45) is 0. The first-order valence-corrected chi connectivity index (χ1v) is 8.89. The molecule has 122 valence electrons. The highest BCUT2D eigenvalue weighted by Crippen LogP contribution is 2.24. The fraction of sp³-hybridized carbons (Fsp3) is 0.500. The van der Waals surface area contributed by atoms with Gasteiger partial charge in [0.15, 0.2) is 0 Å². The van der Waals surface area contributed by atoms with Crippen molar-refractivity contribution >= 4 is 27.5 Å². The molecule has 6 nitrogen and oxygen atoms in total. The van der Waals surface area contributed by atoms with Crippen LogP contribution in [0.15, 0.2) is 29.2 Å². The third kappa shape index (κ3) is 3.78. The average molecular weight is 347 g/mol. The highest BCUT2D eigenvalue weighted by Gasteiger charge is 2.31. The van der Waals surface area contributed by atoms with Crippen molar-refractivity contribution in [2.75, 3.05) is 39.4 Å². The first kappa shape index (κ1) is 17.2. The summed E-state index contributed by atoms with van der Waals surface area (Å²) in [6.45, 7) is 3.56. The minimum atomic E-state index is -3.63. The van der Waals surface area contributed by atoms with Crippen molar-refractivity contribution in [3.8, 4) is 0 Å². The van der Waals surface area contributed by atoms with Crippen molar-refractivity contribution in [2.24, 2.45) is 0 Å². The molecule has 0 saturated carbocycles. The van der Waals surface area contributed by atoms with Crippen LogP contribution < -0.4 is 0 Å². The molecule has 0 aliphatic carbocycles. The van der Waals surface area contributed by atoms with Crippen molar-refractivity contribution in [1.82, 2.24) is 9.21 Å². The van der Waals surface area contributed by atoms with E-state index in [0.29, 0.717) is 19.7 Å². The van der Waals surface area contributed by atoms with Gasteiger partial charge in [0.1, 0.15) is 11.5 Å². The standard InChI is InChI=1S/C14H19ClN2O4S/c1-2-21-11-14(18)16-7-9-17(10-8-16)22(19,20)13-6-4-3-5-12(13)15/h3-6H,2,7-11H2,1H3. The molecule has 0 spiro atoms. The van der Waals surface area contributed by atoms with Crippen LogP contribution in [0.4, 0.5) is 0 Å². The van der Waals surface area contributed by atoms with E-state index in [4.69, 9.17) is 16.3 Å². The number of nitrogens with zero attached hydrogens (tertiary/aromatic N) is 2. The highest BCUT2D eigenvalue weighted by atomic mass is 35.5. The van der Waals surface area contributed by atoms with Gasteiger partial charge in [0.2, 0.25) is 15.9 Å². The molecule has 0 aromatic heterocycles. The minimum Gasteiger partial charge on any atom is -0.372 e. The molecule has 0 radical (unpaired) electrons. The molecule has 1 saturated heterocycles. The summed E-state index contributed by atoms with van der Waals surface area (Å²) < 4.78 is 31.6. The minimum absolute atomic E-state index is 0.0355. The second-order valence-electron chi connectivity index (χ2n) is 4.85. The quantitative estimate of drug-likeness (QED) is 0.803. The molecule has 22 heavy (non-hydrogen) atoms. The molecule has 1 aliphatic rings. The van der Waals surface area contributed by atoms with Crippen molar-refractivity contribution in [3.05, 3.63) is 29.3 Å². The van der Waals surface area contributed by atoms with Crippen LogP contribution in [-0.4, -0.2) is 62.9 Å². The summed E-state index contributed by atoms with van der Waals surface area (Å²) in [5.74, 6) is -0.114. The van der Waals surface area contributed by atoms with Crippen LogP contribution in [0.5, 0.6) is 0 Å². The fourth-order valence-electron chi connectivity index (χ4n) is 2.25. The van der Waals surface area contributed by atoms with E-state index in [2.05, 4.69) is 0 Å². The number of amides is 1. The van der Waals surface area contributed by atoms with Crippen molar-refractivity contribution in [2.45, 2.75) is 11.8 Å². The summed E-state index contributed by atoms with van der Waals surface area (Å²) >= 11 is 5.98. The summed E-state index contributed by atoms with van der Waals surface area (Å²) in [5, 5.41) is 0.206. The van der Waals surface area contributed by atoms with Crippen LogP contribution in [0.1, 0.15) is 6.92 Å². The number of benzene rings is 1. The number of halogens is 1. The van der Waals surface area contributed by atoms with Gasteiger partial charge >= 0.3 is 0 Å². The van der Waals surface area contributed by atoms with Gasteiger partial charge in [0.25, 0.3) is 0 Å². The Bertz CT molecular complexity index is 627. The molecule has 0 bridgehead atoms.